The van der Waals surface area contributed by atoms with E-state index in [4.69, 9.17) is 16.3 Å². The summed E-state index contributed by atoms with van der Waals surface area (Å²) in [6.07, 6.45) is 1.92. The van der Waals surface area contributed by atoms with Crippen LogP contribution in [0.3, 0.4) is 0 Å². The van der Waals surface area contributed by atoms with Crippen molar-refractivity contribution >= 4 is 23.4 Å². The Morgan fingerprint density at radius 2 is 2.33 bits per heavy atom. The summed E-state index contributed by atoms with van der Waals surface area (Å²) in [5.74, 6) is 1.02. The maximum Gasteiger partial charge on any atom is 0.148 e. The molecule has 0 aliphatic carbocycles. The molecular formula is C12H12ClN3OS. The highest BCUT2D eigenvalue weighted by Gasteiger charge is 2.21. The molecule has 1 aromatic carbocycles. The lowest BCUT2D eigenvalue weighted by Gasteiger charge is -2.04. The summed E-state index contributed by atoms with van der Waals surface area (Å²) in [7, 11) is 0. The fraction of sp³-hybridized carbons (Fsp3) is 0.333. The fourth-order valence-corrected chi connectivity index (χ4v) is 2.90. The molecule has 1 saturated heterocycles. The Morgan fingerprint density at radius 3 is 3.11 bits per heavy atom. The van der Waals surface area contributed by atoms with E-state index in [0.717, 1.165) is 28.6 Å². The average molecular weight is 282 g/mol. The second kappa shape index (κ2) is 5.30. The maximum atomic E-state index is 6.12. The lowest BCUT2D eigenvalue weighted by Crippen LogP contribution is -2.00. The number of benzene rings is 1. The van der Waals surface area contributed by atoms with E-state index in [2.05, 4.69) is 10.3 Å². The number of hydrogen-bond acceptors (Lipinski definition) is 4. The van der Waals surface area contributed by atoms with E-state index in [0.29, 0.717) is 6.54 Å². The zero-order chi connectivity index (χ0) is 12.4. The van der Waals surface area contributed by atoms with Gasteiger partial charge in [-0.05, 0) is 11.6 Å². The molecule has 3 rings (SSSR count). The molecule has 1 aliphatic rings. The molecule has 0 N–H and O–H groups in total. The number of halogens is 1. The number of hydrogen-bond donors (Lipinski definition) is 0. The van der Waals surface area contributed by atoms with Crippen molar-refractivity contribution in [3.05, 3.63) is 46.7 Å². The van der Waals surface area contributed by atoms with Gasteiger partial charge in [0.25, 0.3) is 0 Å². The minimum Gasteiger partial charge on any atom is -0.360 e. The van der Waals surface area contributed by atoms with Gasteiger partial charge in [-0.2, -0.15) is 0 Å². The third-order valence-corrected chi connectivity index (χ3v) is 4.16. The lowest BCUT2D eigenvalue weighted by atomic mass is 10.2. The monoisotopic (exact) mass is 281 g/mol. The molecule has 1 aromatic heterocycles. The van der Waals surface area contributed by atoms with E-state index in [-0.39, 0.29) is 5.44 Å². The Bertz CT molecular complexity index is 540. The van der Waals surface area contributed by atoms with E-state index in [1.165, 1.54) is 0 Å². The molecule has 18 heavy (non-hydrogen) atoms. The molecule has 0 bridgehead atoms. The molecule has 6 heteroatoms. The van der Waals surface area contributed by atoms with Gasteiger partial charge < -0.3 is 4.74 Å². The van der Waals surface area contributed by atoms with Crippen LogP contribution in [-0.2, 0) is 11.3 Å². The molecule has 4 nitrogen and oxygen atoms in total. The first-order chi connectivity index (χ1) is 8.83. The fourth-order valence-electron chi connectivity index (χ4n) is 1.83. The number of nitrogens with zero attached hydrogens (tertiary/aromatic N) is 3. The second-order valence-electron chi connectivity index (χ2n) is 4.01. The Kier molecular flexibility index (Phi) is 3.54. The smallest absolute Gasteiger partial charge is 0.148 e. The van der Waals surface area contributed by atoms with Gasteiger partial charge in [0.15, 0.2) is 0 Å². The summed E-state index contributed by atoms with van der Waals surface area (Å²) in [6, 6.07) is 7.76. The Balaban J connectivity index is 1.75. The third-order valence-electron chi connectivity index (χ3n) is 2.71. The van der Waals surface area contributed by atoms with E-state index >= 15 is 0 Å². The largest absolute Gasteiger partial charge is 0.360 e. The summed E-state index contributed by atoms with van der Waals surface area (Å²) < 4.78 is 7.34. The molecule has 2 heterocycles. The zero-order valence-corrected chi connectivity index (χ0v) is 11.2. The Labute approximate surface area is 114 Å². The van der Waals surface area contributed by atoms with Gasteiger partial charge >= 0.3 is 0 Å². The maximum absolute atomic E-state index is 6.12. The van der Waals surface area contributed by atoms with Gasteiger partial charge in [-0.3, -0.25) is 0 Å². The van der Waals surface area contributed by atoms with Crippen LogP contribution < -0.4 is 0 Å². The van der Waals surface area contributed by atoms with Crippen molar-refractivity contribution in [1.82, 2.24) is 15.0 Å². The summed E-state index contributed by atoms with van der Waals surface area (Å²) in [5, 5.41) is 9.01. The molecule has 0 radical (unpaired) electrons. The number of ether oxygens (including phenoxy) is 1. The molecule has 0 spiro atoms. The number of rotatable bonds is 3. The van der Waals surface area contributed by atoms with Crippen molar-refractivity contribution in [3.63, 3.8) is 0 Å². The van der Waals surface area contributed by atoms with Crippen molar-refractivity contribution < 1.29 is 4.74 Å². The highest BCUT2D eigenvalue weighted by molar-refractivity contribution is 7.99. The molecular weight excluding hydrogens is 270 g/mol. The second-order valence-corrected chi connectivity index (χ2v) is 5.58. The normalized spacial score (nSPS) is 19.3. The molecule has 1 aliphatic heterocycles. The van der Waals surface area contributed by atoms with Crippen molar-refractivity contribution in [1.29, 1.82) is 0 Å². The van der Waals surface area contributed by atoms with Gasteiger partial charge in [-0.1, -0.05) is 35.0 Å². The Hall–Kier alpha value is -1.04. The molecule has 0 unspecified atom stereocenters. The van der Waals surface area contributed by atoms with Crippen LogP contribution in [0.1, 0.15) is 16.7 Å². The minimum atomic E-state index is 0.0324. The van der Waals surface area contributed by atoms with Crippen molar-refractivity contribution in [3.8, 4) is 0 Å². The quantitative estimate of drug-likeness (QED) is 0.867. The first-order valence-electron chi connectivity index (χ1n) is 5.69. The van der Waals surface area contributed by atoms with E-state index < -0.39 is 0 Å². The molecule has 94 valence electrons. The van der Waals surface area contributed by atoms with Gasteiger partial charge in [0.1, 0.15) is 11.1 Å². The first kappa shape index (κ1) is 12.0. The van der Waals surface area contributed by atoms with Gasteiger partial charge in [0.05, 0.1) is 19.3 Å². The predicted octanol–water partition coefficient (Wildman–Crippen LogP) is 2.74. The van der Waals surface area contributed by atoms with Crippen molar-refractivity contribution in [2.45, 2.75) is 12.0 Å². The molecule has 1 fully saturated rings. The number of thioether (sulfide) groups is 1. The van der Waals surface area contributed by atoms with Crippen molar-refractivity contribution in [2.75, 3.05) is 12.4 Å². The lowest BCUT2D eigenvalue weighted by molar-refractivity contribution is 0.142. The van der Waals surface area contributed by atoms with E-state index in [9.17, 15) is 0 Å². The summed E-state index contributed by atoms with van der Waals surface area (Å²) >= 11 is 7.87. The predicted molar refractivity (Wildman–Crippen MR) is 71.7 cm³/mol. The summed E-state index contributed by atoms with van der Waals surface area (Å²) in [5.41, 5.74) is 1.95. The van der Waals surface area contributed by atoms with Gasteiger partial charge in [0.2, 0.25) is 0 Å². The average Bonchev–Trinajstić information content (AvgIpc) is 3.02. The standard InChI is InChI=1S/C12H12ClN3OS/c13-10-4-2-1-3-9(10)7-16-8-11(14-15-16)12-17-5-6-18-12/h1-4,8,12H,5-7H2/t12-/m0/s1. The van der Waals surface area contributed by atoms with E-state index in [1.54, 1.807) is 16.4 Å². The Morgan fingerprint density at radius 1 is 1.44 bits per heavy atom. The molecule has 0 saturated carbocycles. The van der Waals surface area contributed by atoms with Crippen LogP contribution in [0.5, 0.6) is 0 Å². The summed E-state index contributed by atoms with van der Waals surface area (Å²) in [6.45, 7) is 1.41. The summed E-state index contributed by atoms with van der Waals surface area (Å²) in [4.78, 5) is 0. The molecule has 2 aromatic rings. The first-order valence-corrected chi connectivity index (χ1v) is 7.12. The zero-order valence-electron chi connectivity index (χ0n) is 9.62. The van der Waals surface area contributed by atoms with Crippen LogP contribution in [-0.4, -0.2) is 27.4 Å². The van der Waals surface area contributed by atoms with Crippen LogP contribution in [0, 0.1) is 0 Å². The van der Waals surface area contributed by atoms with Crippen molar-refractivity contribution in [2.24, 2.45) is 0 Å². The highest BCUT2D eigenvalue weighted by Crippen LogP contribution is 2.33. The topological polar surface area (TPSA) is 39.9 Å². The molecule has 1 atom stereocenters. The highest BCUT2D eigenvalue weighted by atomic mass is 35.5. The van der Waals surface area contributed by atoms with Crippen LogP contribution >= 0.6 is 23.4 Å². The van der Waals surface area contributed by atoms with Crippen LogP contribution in [0.15, 0.2) is 30.5 Å². The van der Waals surface area contributed by atoms with Gasteiger partial charge in [-0.15, -0.1) is 16.9 Å². The van der Waals surface area contributed by atoms with Crippen LogP contribution in [0.25, 0.3) is 0 Å². The third kappa shape index (κ3) is 2.53. The molecule has 0 amide bonds. The van der Waals surface area contributed by atoms with Crippen LogP contribution in [0.4, 0.5) is 0 Å². The van der Waals surface area contributed by atoms with Gasteiger partial charge in [-0.25, -0.2) is 4.68 Å². The van der Waals surface area contributed by atoms with E-state index in [1.807, 2.05) is 30.5 Å². The minimum absolute atomic E-state index is 0.0324. The number of aromatic nitrogens is 3. The SMILES string of the molecule is Clc1ccccc1Cn1cc([C@H]2OCCS2)nn1. The van der Waals surface area contributed by atoms with Gasteiger partial charge in [0, 0.05) is 10.8 Å². The van der Waals surface area contributed by atoms with Crippen LogP contribution in [0.2, 0.25) is 5.02 Å².